The Bertz CT molecular complexity index is 754. The molecule has 3 rings (SSSR count). The van der Waals surface area contributed by atoms with Crippen molar-refractivity contribution in [3.05, 3.63) is 29.3 Å². The lowest BCUT2D eigenvalue weighted by Crippen LogP contribution is -2.30. The molecular formula is C18H20O8. The van der Waals surface area contributed by atoms with Crippen molar-refractivity contribution >= 4 is 11.9 Å². The van der Waals surface area contributed by atoms with Crippen LogP contribution in [-0.4, -0.2) is 51.3 Å². The highest BCUT2D eigenvalue weighted by Crippen LogP contribution is 2.49. The van der Waals surface area contributed by atoms with Crippen LogP contribution in [0.5, 0.6) is 17.2 Å². The fourth-order valence-electron chi connectivity index (χ4n) is 3.40. The molecule has 0 amide bonds. The summed E-state index contributed by atoms with van der Waals surface area (Å²) >= 11 is 0. The molecule has 8 heteroatoms. The number of rotatable bonds is 4. The smallest absolute Gasteiger partial charge is 0.342 e. The van der Waals surface area contributed by atoms with Gasteiger partial charge in [-0.05, 0) is 18.1 Å². The Morgan fingerprint density at radius 2 is 1.92 bits per heavy atom. The van der Waals surface area contributed by atoms with Crippen LogP contribution in [0, 0.1) is 5.92 Å². The fraction of sp³-hybridized carbons (Fsp3) is 0.444. The summed E-state index contributed by atoms with van der Waals surface area (Å²) in [5, 5.41) is 10.1. The van der Waals surface area contributed by atoms with E-state index in [-0.39, 0.29) is 24.5 Å². The van der Waals surface area contributed by atoms with Gasteiger partial charge in [-0.3, -0.25) is 4.79 Å². The highest BCUT2D eigenvalue weighted by molar-refractivity contribution is 5.96. The Labute approximate surface area is 150 Å². The van der Waals surface area contributed by atoms with Crippen molar-refractivity contribution in [2.24, 2.45) is 5.92 Å². The van der Waals surface area contributed by atoms with Crippen molar-refractivity contribution in [2.45, 2.75) is 18.4 Å². The average Bonchev–Trinajstić information content (AvgIpc) is 3.13. The fourth-order valence-corrected chi connectivity index (χ4v) is 3.40. The van der Waals surface area contributed by atoms with Crippen molar-refractivity contribution in [1.82, 2.24) is 0 Å². The van der Waals surface area contributed by atoms with E-state index in [0.717, 1.165) is 0 Å². The van der Waals surface area contributed by atoms with Crippen LogP contribution in [0.25, 0.3) is 0 Å². The lowest BCUT2D eigenvalue weighted by atomic mass is 9.76. The normalized spacial score (nSPS) is 23.5. The van der Waals surface area contributed by atoms with Gasteiger partial charge >= 0.3 is 11.9 Å². The summed E-state index contributed by atoms with van der Waals surface area (Å²) in [4.78, 5) is 24.7. The average molecular weight is 364 g/mol. The number of methoxy groups -OCH3 is 3. The molecule has 0 bridgehead atoms. The zero-order chi connectivity index (χ0) is 18.8. The monoisotopic (exact) mass is 364 g/mol. The molecule has 1 aliphatic carbocycles. The highest BCUT2D eigenvalue weighted by Gasteiger charge is 2.39. The van der Waals surface area contributed by atoms with Crippen LogP contribution < -0.4 is 14.2 Å². The minimum Gasteiger partial charge on any atom is -0.492 e. The standard InChI is InChI=1S/C18H20O8/c1-22-16-14(18(21)24-3)12(7-13-15(16)26-8-25-13)11-6-9(19)4-5-10(11)17(20)23-2/h4-5,7,9-11,19H,6,8H2,1-3H3/t9-,10+,11+/m1/s1. The first-order chi connectivity index (χ1) is 12.5. The van der Waals surface area contributed by atoms with Gasteiger partial charge in [0.25, 0.3) is 0 Å². The quantitative estimate of drug-likeness (QED) is 0.632. The van der Waals surface area contributed by atoms with E-state index in [0.29, 0.717) is 17.1 Å². The summed E-state index contributed by atoms with van der Waals surface area (Å²) < 4.78 is 26.0. The first-order valence-electron chi connectivity index (χ1n) is 8.04. The summed E-state index contributed by atoms with van der Waals surface area (Å²) in [5.41, 5.74) is 0.609. The molecule has 1 aliphatic heterocycles. The third kappa shape index (κ3) is 2.96. The zero-order valence-electron chi connectivity index (χ0n) is 14.7. The van der Waals surface area contributed by atoms with Gasteiger partial charge in [-0.15, -0.1) is 0 Å². The Kier molecular flexibility index (Phi) is 5.03. The van der Waals surface area contributed by atoms with Gasteiger partial charge in [-0.1, -0.05) is 12.2 Å². The van der Waals surface area contributed by atoms with E-state index < -0.39 is 29.9 Å². The zero-order valence-corrected chi connectivity index (χ0v) is 14.7. The van der Waals surface area contributed by atoms with Crippen LogP contribution in [-0.2, 0) is 14.3 Å². The van der Waals surface area contributed by atoms with E-state index in [4.69, 9.17) is 23.7 Å². The SMILES string of the molecule is COC(=O)c1c([C@H]2C[C@H](O)C=C[C@@H]2C(=O)OC)cc2c(c1OC)OCO2. The van der Waals surface area contributed by atoms with Gasteiger partial charge < -0.3 is 28.8 Å². The predicted molar refractivity (Wildman–Crippen MR) is 88.5 cm³/mol. The maximum atomic E-state index is 12.5. The second kappa shape index (κ2) is 7.25. The van der Waals surface area contributed by atoms with Gasteiger partial charge in [0.15, 0.2) is 11.5 Å². The lowest BCUT2D eigenvalue weighted by molar-refractivity contribution is -0.144. The molecule has 140 valence electrons. The van der Waals surface area contributed by atoms with E-state index in [2.05, 4.69) is 0 Å². The lowest BCUT2D eigenvalue weighted by Gasteiger charge is -2.30. The third-order valence-corrected chi connectivity index (χ3v) is 4.59. The van der Waals surface area contributed by atoms with Crippen molar-refractivity contribution in [3.8, 4) is 17.2 Å². The van der Waals surface area contributed by atoms with Gasteiger partial charge in [0.05, 0.1) is 33.4 Å². The van der Waals surface area contributed by atoms with E-state index in [1.165, 1.54) is 21.3 Å². The van der Waals surface area contributed by atoms with Gasteiger partial charge in [-0.2, -0.15) is 0 Å². The number of aliphatic hydroxyl groups is 1. The molecule has 1 N–H and O–H groups in total. The largest absolute Gasteiger partial charge is 0.492 e. The number of carbonyl (C=O) groups is 2. The molecule has 0 unspecified atom stereocenters. The highest BCUT2D eigenvalue weighted by atomic mass is 16.7. The summed E-state index contributed by atoms with van der Waals surface area (Å²) in [5.74, 6) is -1.42. The molecule has 1 heterocycles. The molecule has 0 fully saturated rings. The first-order valence-corrected chi connectivity index (χ1v) is 8.04. The molecule has 8 nitrogen and oxygen atoms in total. The molecule has 0 radical (unpaired) electrons. The molecular weight excluding hydrogens is 344 g/mol. The van der Waals surface area contributed by atoms with E-state index >= 15 is 0 Å². The summed E-state index contributed by atoms with van der Waals surface area (Å²) in [7, 11) is 3.95. The molecule has 0 saturated heterocycles. The van der Waals surface area contributed by atoms with Crippen molar-refractivity contribution in [3.63, 3.8) is 0 Å². The number of carbonyl (C=O) groups excluding carboxylic acids is 2. The predicted octanol–water partition coefficient (Wildman–Crippen LogP) is 1.40. The number of ether oxygens (including phenoxy) is 5. The van der Waals surface area contributed by atoms with Gasteiger partial charge in [0.1, 0.15) is 5.56 Å². The number of aliphatic hydroxyl groups excluding tert-OH is 1. The maximum Gasteiger partial charge on any atom is 0.342 e. The van der Waals surface area contributed by atoms with E-state index in [1.54, 1.807) is 18.2 Å². The molecule has 1 aromatic rings. The van der Waals surface area contributed by atoms with Crippen molar-refractivity contribution in [2.75, 3.05) is 28.1 Å². The number of esters is 2. The molecule has 2 aliphatic rings. The Balaban J connectivity index is 2.21. The van der Waals surface area contributed by atoms with Crippen LogP contribution in [0.4, 0.5) is 0 Å². The third-order valence-electron chi connectivity index (χ3n) is 4.59. The van der Waals surface area contributed by atoms with Crippen LogP contribution >= 0.6 is 0 Å². The second-order valence-corrected chi connectivity index (χ2v) is 5.94. The van der Waals surface area contributed by atoms with E-state index in [9.17, 15) is 14.7 Å². The van der Waals surface area contributed by atoms with Gasteiger partial charge in [0.2, 0.25) is 12.5 Å². The minimum atomic E-state index is -0.761. The molecule has 0 saturated carbocycles. The Hall–Kier alpha value is -2.74. The second-order valence-electron chi connectivity index (χ2n) is 5.94. The number of fused-ring (bicyclic) bond motifs is 1. The van der Waals surface area contributed by atoms with E-state index in [1.807, 2.05) is 0 Å². The van der Waals surface area contributed by atoms with Crippen LogP contribution in [0.1, 0.15) is 28.3 Å². The molecule has 1 aromatic carbocycles. The van der Waals surface area contributed by atoms with Gasteiger partial charge in [0, 0.05) is 5.92 Å². The van der Waals surface area contributed by atoms with Crippen LogP contribution in [0.2, 0.25) is 0 Å². The Morgan fingerprint density at radius 3 is 2.58 bits per heavy atom. The first kappa shape index (κ1) is 18.1. The molecule has 0 spiro atoms. The summed E-state index contributed by atoms with van der Waals surface area (Å²) in [6, 6.07) is 1.63. The number of hydrogen-bond donors (Lipinski definition) is 1. The molecule has 0 aromatic heterocycles. The summed E-state index contributed by atoms with van der Waals surface area (Å²) in [6.07, 6.45) is 2.59. The Morgan fingerprint density at radius 1 is 1.15 bits per heavy atom. The van der Waals surface area contributed by atoms with Crippen LogP contribution in [0.15, 0.2) is 18.2 Å². The minimum absolute atomic E-state index is 0.0105. The number of benzene rings is 1. The van der Waals surface area contributed by atoms with Crippen molar-refractivity contribution < 1.29 is 38.4 Å². The van der Waals surface area contributed by atoms with Crippen LogP contribution in [0.3, 0.4) is 0 Å². The van der Waals surface area contributed by atoms with Gasteiger partial charge in [-0.25, -0.2) is 4.79 Å². The maximum absolute atomic E-state index is 12.5. The summed E-state index contributed by atoms with van der Waals surface area (Å²) in [6.45, 7) is -0.0105. The van der Waals surface area contributed by atoms with Crippen molar-refractivity contribution in [1.29, 1.82) is 0 Å². The number of hydrogen-bond acceptors (Lipinski definition) is 8. The topological polar surface area (TPSA) is 101 Å². The molecule has 3 atom stereocenters. The molecule has 26 heavy (non-hydrogen) atoms.